The Bertz CT molecular complexity index is 540. The summed E-state index contributed by atoms with van der Waals surface area (Å²) in [5, 5.41) is 8.87. The van der Waals surface area contributed by atoms with E-state index in [-0.39, 0.29) is 16.7 Å². The fraction of sp³-hybridized carbons (Fsp3) is 0.462. The van der Waals surface area contributed by atoms with Gasteiger partial charge in [-0.05, 0) is 18.6 Å². The lowest BCUT2D eigenvalue weighted by molar-refractivity contribution is -0.128. The number of hydrogen-bond donors (Lipinski definition) is 1. The molecule has 0 radical (unpaired) electrons. The highest BCUT2D eigenvalue weighted by Gasteiger charge is 2.23. The van der Waals surface area contributed by atoms with Crippen LogP contribution in [0.5, 0.6) is 0 Å². The van der Waals surface area contributed by atoms with E-state index >= 15 is 0 Å². The molecule has 20 heavy (non-hydrogen) atoms. The standard InChI is InChI=1S/C13H16N2O4S/c1-9(16)14-5-2-6-15(8-7-14)12(17)10-3-4-11(20-10)13(18)19/h3-4H,2,5-8H2,1H3,(H,18,19). The topological polar surface area (TPSA) is 77.9 Å². The van der Waals surface area contributed by atoms with Gasteiger partial charge in [-0.3, -0.25) is 9.59 Å². The highest BCUT2D eigenvalue weighted by molar-refractivity contribution is 7.15. The van der Waals surface area contributed by atoms with Crippen LogP contribution in [0.25, 0.3) is 0 Å². The minimum atomic E-state index is -1.02. The zero-order valence-electron chi connectivity index (χ0n) is 11.2. The zero-order chi connectivity index (χ0) is 14.7. The van der Waals surface area contributed by atoms with Crippen LogP contribution in [-0.2, 0) is 4.79 Å². The summed E-state index contributed by atoms with van der Waals surface area (Å²) >= 11 is 0.985. The van der Waals surface area contributed by atoms with Crippen molar-refractivity contribution in [3.8, 4) is 0 Å². The van der Waals surface area contributed by atoms with Crippen molar-refractivity contribution in [1.29, 1.82) is 0 Å². The van der Waals surface area contributed by atoms with Crippen LogP contribution in [0.4, 0.5) is 0 Å². The second-order valence-corrected chi connectivity index (χ2v) is 5.70. The maximum absolute atomic E-state index is 12.3. The molecule has 0 bridgehead atoms. The third-order valence-electron chi connectivity index (χ3n) is 3.26. The van der Waals surface area contributed by atoms with Crippen molar-refractivity contribution in [2.24, 2.45) is 0 Å². The first kappa shape index (κ1) is 14.5. The summed E-state index contributed by atoms with van der Waals surface area (Å²) in [6.45, 7) is 3.78. The minimum Gasteiger partial charge on any atom is -0.477 e. The Hall–Kier alpha value is -1.89. The van der Waals surface area contributed by atoms with Crippen molar-refractivity contribution < 1.29 is 19.5 Å². The second kappa shape index (κ2) is 6.04. The van der Waals surface area contributed by atoms with Gasteiger partial charge in [0.1, 0.15) is 4.88 Å². The van der Waals surface area contributed by atoms with Gasteiger partial charge in [-0.2, -0.15) is 0 Å². The van der Waals surface area contributed by atoms with Gasteiger partial charge in [0.05, 0.1) is 4.88 Å². The molecule has 1 saturated heterocycles. The molecule has 1 aliphatic rings. The molecule has 1 aliphatic heterocycles. The van der Waals surface area contributed by atoms with E-state index in [4.69, 9.17) is 5.11 Å². The molecular formula is C13H16N2O4S. The summed E-state index contributed by atoms with van der Waals surface area (Å²) in [5.41, 5.74) is 0. The lowest BCUT2D eigenvalue weighted by Crippen LogP contribution is -2.36. The smallest absolute Gasteiger partial charge is 0.345 e. The SMILES string of the molecule is CC(=O)N1CCCN(C(=O)c2ccc(C(=O)O)s2)CC1. The molecule has 1 aromatic heterocycles. The fourth-order valence-corrected chi connectivity index (χ4v) is 2.97. The maximum atomic E-state index is 12.3. The van der Waals surface area contributed by atoms with Crippen LogP contribution in [0.2, 0.25) is 0 Å². The fourth-order valence-electron chi connectivity index (χ4n) is 2.16. The summed E-state index contributed by atoms with van der Waals surface area (Å²) in [4.78, 5) is 38.5. The van der Waals surface area contributed by atoms with Gasteiger partial charge in [0.2, 0.25) is 5.91 Å². The van der Waals surface area contributed by atoms with E-state index in [2.05, 4.69) is 0 Å². The average molecular weight is 296 g/mol. The lowest BCUT2D eigenvalue weighted by atomic mass is 10.3. The number of carbonyl (C=O) groups excluding carboxylic acids is 2. The number of carboxylic acids is 1. The van der Waals surface area contributed by atoms with Crippen molar-refractivity contribution in [2.45, 2.75) is 13.3 Å². The average Bonchev–Trinajstić information content (AvgIpc) is 2.76. The third kappa shape index (κ3) is 3.16. The Labute approximate surface area is 120 Å². The van der Waals surface area contributed by atoms with Crippen LogP contribution < -0.4 is 0 Å². The molecule has 0 unspecified atom stereocenters. The molecule has 2 amide bonds. The van der Waals surface area contributed by atoms with Gasteiger partial charge < -0.3 is 14.9 Å². The number of nitrogens with zero attached hydrogens (tertiary/aromatic N) is 2. The number of amides is 2. The molecule has 7 heteroatoms. The maximum Gasteiger partial charge on any atom is 0.345 e. The van der Waals surface area contributed by atoms with Gasteiger partial charge in [-0.15, -0.1) is 11.3 Å². The molecule has 0 spiro atoms. The van der Waals surface area contributed by atoms with E-state index in [0.29, 0.717) is 31.1 Å². The third-order valence-corrected chi connectivity index (χ3v) is 4.32. The molecule has 0 aromatic carbocycles. The molecule has 2 heterocycles. The Morgan fingerprint density at radius 1 is 1.05 bits per heavy atom. The second-order valence-electron chi connectivity index (χ2n) is 4.62. The van der Waals surface area contributed by atoms with Crippen molar-refractivity contribution in [2.75, 3.05) is 26.2 Å². The molecular weight excluding hydrogens is 280 g/mol. The Kier molecular flexibility index (Phi) is 4.39. The van der Waals surface area contributed by atoms with E-state index in [9.17, 15) is 14.4 Å². The van der Waals surface area contributed by atoms with E-state index in [1.165, 1.54) is 13.0 Å². The van der Waals surface area contributed by atoms with Crippen LogP contribution in [-0.4, -0.2) is 58.9 Å². The molecule has 0 atom stereocenters. The zero-order valence-corrected chi connectivity index (χ0v) is 12.0. The van der Waals surface area contributed by atoms with E-state index in [1.54, 1.807) is 15.9 Å². The number of rotatable bonds is 2. The number of aromatic carboxylic acids is 1. The van der Waals surface area contributed by atoms with Gasteiger partial charge in [0.15, 0.2) is 0 Å². The molecule has 0 aliphatic carbocycles. The Morgan fingerprint density at radius 2 is 1.65 bits per heavy atom. The predicted molar refractivity (Wildman–Crippen MR) is 74.1 cm³/mol. The Morgan fingerprint density at radius 3 is 2.25 bits per heavy atom. The highest BCUT2D eigenvalue weighted by atomic mass is 32.1. The molecule has 6 nitrogen and oxygen atoms in total. The summed E-state index contributed by atoms with van der Waals surface area (Å²) in [5.74, 6) is -1.16. The summed E-state index contributed by atoms with van der Waals surface area (Å²) in [6.07, 6.45) is 0.739. The summed E-state index contributed by atoms with van der Waals surface area (Å²) in [7, 11) is 0. The normalized spacial score (nSPS) is 15.8. The number of carbonyl (C=O) groups is 3. The Balaban J connectivity index is 2.05. The first-order valence-electron chi connectivity index (χ1n) is 6.37. The molecule has 108 valence electrons. The largest absolute Gasteiger partial charge is 0.477 e. The van der Waals surface area contributed by atoms with Crippen molar-refractivity contribution in [3.05, 3.63) is 21.9 Å². The van der Waals surface area contributed by atoms with Gasteiger partial charge in [0.25, 0.3) is 5.91 Å². The molecule has 2 rings (SSSR count). The van der Waals surface area contributed by atoms with Gasteiger partial charge in [-0.25, -0.2) is 4.79 Å². The number of thiophene rings is 1. The predicted octanol–water partition coefficient (Wildman–Crippen LogP) is 1.14. The van der Waals surface area contributed by atoms with E-state index in [0.717, 1.165) is 17.8 Å². The number of hydrogen-bond acceptors (Lipinski definition) is 4. The molecule has 1 fully saturated rings. The highest BCUT2D eigenvalue weighted by Crippen LogP contribution is 2.19. The van der Waals surface area contributed by atoms with Crippen LogP contribution in [0.15, 0.2) is 12.1 Å². The van der Waals surface area contributed by atoms with Gasteiger partial charge in [0, 0.05) is 33.1 Å². The van der Waals surface area contributed by atoms with Crippen molar-refractivity contribution in [1.82, 2.24) is 9.80 Å². The summed E-state index contributed by atoms with van der Waals surface area (Å²) in [6, 6.07) is 2.99. The summed E-state index contributed by atoms with van der Waals surface area (Å²) < 4.78 is 0. The van der Waals surface area contributed by atoms with Gasteiger partial charge in [-0.1, -0.05) is 0 Å². The van der Waals surface area contributed by atoms with Crippen LogP contribution in [0.1, 0.15) is 32.7 Å². The van der Waals surface area contributed by atoms with Gasteiger partial charge >= 0.3 is 5.97 Å². The first-order valence-corrected chi connectivity index (χ1v) is 7.18. The lowest BCUT2D eigenvalue weighted by Gasteiger charge is -2.20. The van der Waals surface area contributed by atoms with E-state index < -0.39 is 5.97 Å². The molecule has 0 saturated carbocycles. The molecule has 1 N–H and O–H groups in total. The van der Waals surface area contributed by atoms with Crippen molar-refractivity contribution in [3.63, 3.8) is 0 Å². The number of carboxylic acid groups (broad SMARTS) is 1. The van der Waals surface area contributed by atoms with Crippen LogP contribution >= 0.6 is 11.3 Å². The quantitative estimate of drug-likeness (QED) is 0.887. The van der Waals surface area contributed by atoms with Crippen LogP contribution in [0.3, 0.4) is 0 Å². The first-order chi connectivity index (χ1) is 9.49. The van der Waals surface area contributed by atoms with Crippen molar-refractivity contribution >= 4 is 29.1 Å². The minimum absolute atomic E-state index is 0.0172. The molecule has 1 aromatic rings. The van der Waals surface area contributed by atoms with Crippen LogP contribution in [0, 0.1) is 0 Å². The van der Waals surface area contributed by atoms with E-state index in [1.807, 2.05) is 0 Å². The monoisotopic (exact) mass is 296 g/mol.